The minimum atomic E-state index is -0.920. The Balaban J connectivity index is 1.92. The van der Waals surface area contributed by atoms with Crippen molar-refractivity contribution in [1.82, 2.24) is 14.9 Å². The Morgan fingerprint density at radius 1 is 1.10 bits per heavy atom. The maximum absolute atomic E-state index is 13.8. The van der Waals surface area contributed by atoms with E-state index in [0.717, 1.165) is 12.1 Å². The standard InChI is InChI=1S/C20H18F2N4O3/c1-23-18(27)9-8-16-20(29)26(17-5-3-2-4-15(17)24-16)11-19(28)25-14-7-6-12(21)10-13(14)22/h2-7,10H,8-9,11H2,1H3,(H,23,27)(H,25,28). The Morgan fingerprint density at radius 2 is 1.86 bits per heavy atom. The summed E-state index contributed by atoms with van der Waals surface area (Å²) in [7, 11) is 1.49. The van der Waals surface area contributed by atoms with Crippen molar-refractivity contribution in [2.24, 2.45) is 0 Å². The van der Waals surface area contributed by atoms with E-state index in [1.54, 1.807) is 24.3 Å². The van der Waals surface area contributed by atoms with E-state index < -0.39 is 29.6 Å². The highest BCUT2D eigenvalue weighted by atomic mass is 19.1. The number of aromatic nitrogens is 2. The van der Waals surface area contributed by atoms with Gasteiger partial charge < -0.3 is 10.6 Å². The molecule has 1 heterocycles. The molecule has 0 atom stereocenters. The third kappa shape index (κ3) is 4.63. The van der Waals surface area contributed by atoms with Crippen molar-refractivity contribution in [2.45, 2.75) is 19.4 Å². The molecule has 7 nitrogen and oxygen atoms in total. The average molecular weight is 400 g/mol. The molecule has 0 aliphatic carbocycles. The molecule has 0 aliphatic heterocycles. The van der Waals surface area contributed by atoms with E-state index in [1.807, 2.05) is 0 Å². The third-order valence-corrected chi connectivity index (χ3v) is 4.29. The van der Waals surface area contributed by atoms with E-state index in [0.29, 0.717) is 17.1 Å². The fourth-order valence-electron chi connectivity index (χ4n) is 2.85. The molecule has 0 bridgehead atoms. The fraction of sp³-hybridized carbons (Fsp3) is 0.200. The Bertz CT molecular complexity index is 1140. The predicted molar refractivity (Wildman–Crippen MR) is 103 cm³/mol. The first-order valence-electron chi connectivity index (χ1n) is 8.83. The van der Waals surface area contributed by atoms with Crippen LogP contribution in [-0.2, 0) is 22.6 Å². The molecular formula is C20H18F2N4O3. The molecule has 29 heavy (non-hydrogen) atoms. The molecule has 2 amide bonds. The van der Waals surface area contributed by atoms with Gasteiger partial charge in [-0.25, -0.2) is 13.8 Å². The van der Waals surface area contributed by atoms with Crippen LogP contribution < -0.4 is 16.2 Å². The minimum absolute atomic E-state index is 0.0735. The van der Waals surface area contributed by atoms with Gasteiger partial charge in [-0.1, -0.05) is 12.1 Å². The second kappa shape index (κ2) is 8.59. The maximum atomic E-state index is 13.8. The van der Waals surface area contributed by atoms with Crippen molar-refractivity contribution in [1.29, 1.82) is 0 Å². The highest BCUT2D eigenvalue weighted by molar-refractivity contribution is 5.91. The van der Waals surface area contributed by atoms with E-state index in [2.05, 4.69) is 15.6 Å². The molecule has 2 aromatic carbocycles. The summed E-state index contributed by atoms with van der Waals surface area (Å²) in [6, 6.07) is 9.53. The molecule has 0 aliphatic rings. The lowest BCUT2D eigenvalue weighted by Crippen LogP contribution is -2.31. The highest BCUT2D eigenvalue weighted by Gasteiger charge is 2.15. The van der Waals surface area contributed by atoms with Crippen LogP contribution in [0.3, 0.4) is 0 Å². The molecule has 0 saturated carbocycles. The zero-order valence-electron chi connectivity index (χ0n) is 15.5. The molecule has 9 heteroatoms. The number of amides is 2. The van der Waals surface area contributed by atoms with Crippen molar-refractivity contribution in [3.63, 3.8) is 0 Å². The van der Waals surface area contributed by atoms with Gasteiger partial charge >= 0.3 is 0 Å². The molecule has 150 valence electrons. The summed E-state index contributed by atoms with van der Waals surface area (Å²) >= 11 is 0. The van der Waals surface area contributed by atoms with Crippen LogP contribution in [0.1, 0.15) is 12.1 Å². The van der Waals surface area contributed by atoms with Crippen molar-refractivity contribution in [2.75, 3.05) is 12.4 Å². The quantitative estimate of drug-likeness (QED) is 0.662. The van der Waals surface area contributed by atoms with Crippen LogP contribution in [0.4, 0.5) is 14.5 Å². The van der Waals surface area contributed by atoms with Gasteiger partial charge in [0.15, 0.2) is 0 Å². The van der Waals surface area contributed by atoms with Crippen LogP contribution in [0.25, 0.3) is 11.0 Å². The van der Waals surface area contributed by atoms with Crippen LogP contribution in [0.2, 0.25) is 0 Å². The summed E-state index contributed by atoms with van der Waals surface area (Å²) < 4.78 is 28.0. The minimum Gasteiger partial charge on any atom is -0.359 e. The Kier molecular flexibility index (Phi) is 5.96. The average Bonchev–Trinajstić information content (AvgIpc) is 2.70. The van der Waals surface area contributed by atoms with Crippen molar-refractivity contribution in [3.8, 4) is 0 Å². The molecule has 0 unspecified atom stereocenters. The lowest BCUT2D eigenvalue weighted by molar-refractivity contribution is -0.120. The second-order valence-corrected chi connectivity index (χ2v) is 6.28. The Morgan fingerprint density at radius 3 is 2.59 bits per heavy atom. The Hall–Kier alpha value is -3.62. The normalized spacial score (nSPS) is 10.7. The number of aryl methyl sites for hydroxylation is 1. The number of nitrogens with one attached hydrogen (secondary N) is 2. The van der Waals surface area contributed by atoms with Crippen LogP contribution in [0, 0.1) is 11.6 Å². The number of benzene rings is 2. The number of halogens is 2. The van der Waals surface area contributed by atoms with Crippen molar-refractivity contribution >= 4 is 28.5 Å². The van der Waals surface area contributed by atoms with Gasteiger partial charge in [0, 0.05) is 26.0 Å². The topological polar surface area (TPSA) is 93.1 Å². The molecule has 0 spiro atoms. The number of carbonyl (C=O) groups excluding carboxylic acids is 2. The van der Waals surface area contributed by atoms with E-state index in [4.69, 9.17) is 0 Å². The molecular weight excluding hydrogens is 382 g/mol. The van der Waals surface area contributed by atoms with Gasteiger partial charge in [-0.15, -0.1) is 0 Å². The van der Waals surface area contributed by atoms with E-state index >= 15 is 0 Å². The number of carbonyl (C=O) groups is 2. The van der Waals surface area contributed by atoms with Crippen LogP contribution in [0.5, 0.6) is 0 Å². The third-order valence-electron chi connectivity index (χ3n) is 4.29. The zero-order chi connectivity index (χ0) is 21.0. The number of anilines is 1. The van der Waals surface area contributed by atoms with E-state index in [9.17, 15) is 23.2 Å². The van der Waals surface area contributed by atoms with Gasteiger partial charge in [0.05, 0.1) is 16.7 Å². The van der Waals surface area contributed by atoms with Gasteiger partial charge in [-0.3, -0.25) is 19.0 Å². The molecule has 3 rings (SSSR count). The first-order chi connectivity index (χ1) is 13.9. The lowest BCUT2D eigenvalue weighted by atomic mass is 10.2. The first kappa shape index (κ1) is 20.1. The molecule has 0 saturated heterocycles. The van der Waals surface area contributed by atoms with Crippen molar-refractivity contribution in [3.05, 3.63) is 70.1 Å². The molecule has 1 aromatic heterocycles. The molecule has 2 N–H and O–H groups in total. The van der Waals surface area contributed by atoms with Gasteiger partial charge in [0.1, 0.15) is 23.9 Å². The van der Waals surface area contributed by atoms with Crippen LogP contribution in [0.15, 0.2) is 47.3 Å². The second-order valence-electron chi connectivity index (χ2n) is 6.28. The Labute approximate surface area is 164 Å². The smallest absolute Gasteiger partial charge is 0.273 e. The SMILES string of the molecule is CNC(=O)CCc1nc2ccccc2n(CC(=O)Nc2ccc(F)cc2F)c1=O. The lowest BCUT2D eigenvalue weighted by Gasteiger charge is -2.13. The number of hydrogen-bond donors (Lipinski definition) is 2. The summed E-state index contributed by atoms with van der Waals surface area (Å²) in [5.41, 5.74) is 0.355. The molecule has 0 fully saturated rings. The van der Waals surface area contributed by atoms with Crippen LogP contribution >= 0.6 is 0 Å². The van der Waals surface area contributed by atoms with Gasteiger partial charge in [-0.2, -0.15) is 0 Å². The summed E-state index contributed by atoms with van der Waals surface area (Å²) in [5, 5.41) is 4.81. The largest absolute Gasteiger partial charge is 0.359 e. The molecule has 0 radical (unpaired) electrons. The monoisotopic (exact) mass is 400 g/mol. The maximum Gasteiger partial charge on any atom is 0.273 e. The van der Waals surface area contributed by atoms with E-state index in [1.165, 1.54) is 11.6 Å². The van der Waals surface area contributed by atoms with Gasteiger partial charge in [0.25, 0.3) is 5.56 Å². The number of rotatable bonds is 6. The summed E-state index contributed by atoms with van der Waals surface area (Å²) in [6.07, 6.45) is 0.182. The summed E-state index contributed by atoms with van der Waals surface area (Å²) in [4.78, 5) is 41.1. The van der Waals surface area contributed by atoms with Gasteiger partial charge in [0.2, 0.25) is 11.8 Å². The summed E-state index contributed by atoms with van der Waals surface area (Å²) in [5.74, 6) is -2.59. The number of nitrogens with zero attached hydrogens (tertiary/aromatic N) is 2. The van der Waals surface area contributed by atoms with Crippen LogP contribution in [-0.4, -0.2) is 28.4 Å². The first-order valence-corrected chi connectivity index (χ1v) is 8.83. The zero-order valence-corrected chi connectivity index (χ0v) is 15.5. The number of para-hydroxylation sites is 2. The van der Waals surface area contributed by atoms with Crippen molar-refractivity contribution < 1.29 is 18.4 Å². The number of fused-ring (bicyclic) bond motifs is 1. The highest BCUT2D eigenvalue weighted by Crippen LogP contribution is 2.16. The van der Waals surface area contributed by atoms with Gasteiger partial charge in [-0.05, 0) is 24.3 Å². The molecule has 3 aromatic rings. The fourth-order valence-corrected chi connectivity index (χ4v) is 2.85. The van der Waals surface area contributed by atoms with E-state index in [-0.39, 0.29) is 30.1 Å². The predicted octanol–water partition coefficient (Wildman–Crippen LogP) is 1.99. The number of hydrogen-bond acceptors (Lipinski definition) is 4. The summed E-state index contributed by atoms with van der Waals surface area (Å²) in [6.45, 7) is -0.397.